The molecule has 0 aliphatic heterocycles. The number of rotatable bonds is 6. The predicted molar refractivity (Wildman–Crippen MR) is 97.0 cm³/mol. The van der Waals surface area contributed by atoms with E-state index in [0.717, 1.165) is 7.11 Å². The predicted octanol–water partition coefficient (Wildman–Crippen LogP) is 2.87. The Morgan fingerprint density at radius 1 is 1.26 bits per heavy atom. The molecule has 9 nitrogen and oxygen atoms in total. The van der Waals surface area contributed by atoms with Crippen molar-refractivity contribution in [2.24, 2.45) is 0 Å². The van der Waals surface area contributed by atoms with Gasteiger partial charge >= 0.3 is 17.8 Å². The van der Waals surface area contributed by atoms with Crippen LogP contribution in [-0.2, 0) is 19.1 Å². The van der Waals surface area contributed by atoms with Crippen molar-refractivity contribution < 1.29 is 33.4 Å². The molecule has 0 saturated heterocycles. The fourth-order valence-electron chi connectivity index (χ4n) is 1.84. The second-order valence-electron chi connectivity index (χ2n) is 6.33. The number of ether oxygens (including phenoxy) is 3. The zero-order chi connectivity index (χ0) is 20.8. The molecule has 0 spiro atoms. The van der Waals surface area contributed by atoms with Crippen LogP contribution in [0.2, 0.25) is 5.02 Å². The summed E-state index contributed by atoms with van der Waals surface area (Å²) in [5.41, 5.74) is 7.46. The molecule has 0 saturated carbocycles. The largest absolute Gasteiger partial charge is 0.480 e. The van der Waals surface area contributed by atoms with Crippen LogP contribution in [0.3, 0.4) is 0 Å². The molecule has 27 heavy (non-hydrogen) atoms. The highest BCUT2D eigenvalue weighted by molar-refractivity contribution is 6.63. The van der Waals surface area contributed by atoms with Crippen LogP contribution in [0.4, 0.5) is 10.5 Å². The number of nitrogens with one attached hydrogen (secondary N) is 1. The summed E-state index contributed by atoms with van der Waals surface area (Å²) in [5.74, 6) is -1.93. The van der Waals surface area contributed by atoms with Crippen molar-refractivity contribution in [2.75, 3.05) is 12.4 Å². The number of hydrogen-bond donors (Lipinski definition) is 1. The molecular weight excluding hydrogens is 378 g/mol. The summed E-state index contributed by atoms with van der Waals surface area (Å²) in [4.78, 5) is 38.3. The third-order valence-corrected chi connectivity index (χ3v) is 3.20. The van der Waals surface area contributed by atoms with E-state index in [1.165, 1.54) is 25.1 Å². The second-order valence-corrected chi connectivity index (χ2v) is 6.77. The van der Waals surface area contributed by atoms with Crippen molar-refractivity contribution in [3.8, 4) is 5.75 Å². The number of benzene rings is 1. The van der Waals surface area contributed by atoms with Gasteiger partial charge in [0.2, 0.25) is 0 Å². The number of esters is 1. The fourth-order valence-corrected chi connectivity index (χ4v) is 2.01. The van der Waals surface area contributed by atoms with Gasteiger partial charge < -0.3 is 19.7 Å². The van der Waals surface area contributed by atoms with Gasteiger partial charge in [0, 0.05) is 5.02 Å². The lowest BCUT2D eigenvalue weighted by Gasteiger charge is -2.21. The number of methoxy groups -OCH3 is 1. The van der Waals surface area contributed by atoms with E-state index >= 15 is 0 Å². The molecule has 0 aliphatic carbocycles. The van der Waals surface area contributed by atoms with E-state index in [1.54, 1.807) is 20.8 Å². The summed E-state index contributed by atoms with van der Waals surface area (Å²) in [5, 5.41) is 2.78. The van der Waals surface area contributed by atoms with E-state index in [-0.39, 0.29) is 11.4 Å². The van der Waals surface area contributed by atoms with Gasteiger partial charge in [-0.1, -0.05) is 11.6 Å². The summed E-state index contributed by atoms with van der Waals surface area (Å²) in [6.45, 7) is 6.43. The average molecular weight is 398 g/mol. The Bertz CT molecular complexity index is 796. The second kappa shape index (κ2) is 9.16. The van der Waals surface area contributed by atoms with E-state index in [9.17, 15) is 14.4 Å². The monoisotopic (exact) mass is 397 g/mol. The average Bonchev–Trinajstić information content (AvgIpc) is 2.55. The van der Waals surface area contributed by atoms with Crippen LogP contribution < -0.4 is 10.1 Å². The van der Waals surface area contributed by atoms with Crippen LogP contribution in [0.1, 0.15) is 27.7 Å². The minimum atomic E-state index is -1.23. The lowest BCUT2D eigenvalue weighted by Crippen LogP contribution is -2.37. The number of anilines is 1. The van der Waals surface area contributed by atoms with Crippen molar-refractivity contribution in [3.05, 3.63) is 28.8 Å². The molecular formula is C17H20ClN3O6. The van der Waals surface area contributed by atoms with Crippen LogP contribution in [0.15, 0.2) is 18.2 Å². The summed E-state index contributed by atoms with van der Waals surface area (Å²) in [6, 6.07) is 4.31. The molecule has 1 aromatic rings. The number of nitrogens with zero attached hydrogens (tertiary/aromatic N) is 2. The van der Waals surface area contributed by atoms with Crippen molar-refractivity contribution in [2.45, 2.75) is 39.4 Å². The highest BCUT2D eigenvalue weighted by atomic mass is 35.5. The van der Waals surface area contributed by atoms with Gasteiger partial charge in [-0.05, 0) is 45.9 Å². The smallest absolute Gasteiger partial charge is 0.445 e. The van der Waals surface area contributed by atoms with E-state index in [1.807, 2.05) is 0 Å². The van der Waals surface area contributed by atoms with Crippen LogP contribution >= 0.6 is 11.6 Å². The first-order valence-electron chi connectivity index (χ1n) is 7.79. The maximum absolute atomic E-state index is 12.2. The van der Waals surface area contributed by atoms with E-state index in [2.05, 4.69) is 14.8 Å². The molecule has 0 radical (unpaired) electrons. The van der Waals surface area contributed by atoms with Gasteiger partial charge in [-0.15, -0.1) is 0 Å². The van der Waals surface area contributed by atoms with Gasteiger partial charge in [0.1, 0.15) is 11.4 Å². The first-order chi connectivity index (χ1) is 12.5. The van der Waals surface area contributed by atoms with E-state index in [4.69, 9.17) is 26.6 Å². The molecule has 1 atom stereocenters. The van der Waals surface area contributed by atoms with Crippen LogP contribution in [-0.4, -0.2) is 47.2 Å². The normalized spacial score (nSPS) is 11.6. The van der Waals surface area contributed by atoms with Gasteiger partial charge in [0.05, 0.1) is 12.8 Å². The Balaban J connectivity index is 3.03. The Morgan fingerprint density at radius 3 is 2.41 bits per heavy atom. The lowest BCUT2D eigenvalue weighted by atomic mass is 10.1. The first-order valence-corrected chi connectivity index (χ1v) is 8.17. The maximum Gasteiger partial charge on any atom is 0.445 e. The van der Waals surface area contributed by atoms with E-state index in [0.29, 0.717) is 5.02 Å². The minimum Gasteiger partial charge on any atom is -0.480 e. The fraction of sp³-hybridized carbons (Fsp3) is 0.412. The van der Waals surface area contributed by atoms with Gasteiger partial charge in [-0.3, -0.25) is 10.1 Å². The highest BCUT2D eigenvalue weighted by Crippen LogP contribution is 2.29. The van der Waals surface area contributed by atoms with Crippen molar-refractivity contribution in [1.29, 1.82) is 0 Å². The SMILES string of the molecule is COC(=O)C(=[N+]=[N-])C(=O)C(C)Oc1ccc(Cl)cc1NC(=O)OC(C)(C)C. The number of carbonyl (C=O) groups excluding carboxylic acids is 3. The van der Waals surface area contributed by atoms with Gasteiger partial charge in [-0.2, -0.15) is 4.79 Å². The summed E-state index contributed by atoms with van der Waals surface area (Å²) in [6.07, 6.45) is -1.98. The van der Waals surface area contributed by atoms with Crippen LogP contribution in [0, 0.1) is 0 Å². The Labute approximate surface area is 161 Å². The molecule has 146 valence electrons. The Hall–Kier alpha value is -2.90. The summed E-state index contributed by atoms with van der Waals surface area (Å²) in [7, 11) is 1.04. The highest BCUT2D eigenvalue weighted by Gasteiger charge is 2.36. The molecule has 0 heterocycles. The molecule has 0 aromatic heterocycles. The van der Waals surface area contributed by atoms with E-state index < -0.39 is 35.3 Å². The minimum absolute atomic E-state index is 0.0910. The Kier molecular flexibility index (Phi) is 7.51. The van der Waals surface area contributed by atoms with Crippen LogP contribution in [0.25, 0.3) is 5.53 Å². The zero-order valence-electron chi connectivity index (χ0n) is 15.5. The molecule has 0 aliphatic rings. The molecule has 1 aromatic carbocycles. The third-order valence-electron chi connectivity index (χ3n) is 2.96. The van der Waals surface area contributed by atoms with Crippen molar-refractivity contribution in [3.63, 3.8) is 0 Å². The molecule has 0 bridgehead atoms. The number of ketones is 1. The lowest BCUT2D eigenvalue weighted by molar-refractivity contribution is -0.140. The standard InChI is InChI=1S/C17H20ClN3O6/c1-9(14(22)13(21-19)15(23)25-5)26-12-7-6-10(18)8-11(12)20-16(24)27-17(2,3)4/h6-9H,1-5H3,(H,20,24). The number of halogens is 1. The Morgan fingerprint density at radius 2 is 1.89 bits per heavy atom. The first kappa shape index (κ1) is 22.1. The quantitative estimate of drug-likeness (QED) is 0.258. The molecule has 1 unspecified atom stereocenters. The molecule has 1 amide bonds. The molecule has 0 fully saturated rings. The van der Waals surface area contributed by atoms with Gasteiger partial charge in [0.25, 0.3) is 5.78 Å². The maximum atomic E-state index is 12.2. The zero-order valence-corrected chi connectivity index (χ0v) is 16.3. The summed E-state index contributed by atoms with van der Waals surface area (Å²) >= 11 is 5.94. The molecule has 10 heteroatoms. The number of hydrogen-bond acceptors (Lipinski definition) is 6. The van der Waals surface area contributed by atoms with Crippen molar-refractivity contribution >= 4 is 40.8 Å². The molecule has 1 N–H and O–H groups in total. The number of Topliss-reactive ketones (excluding diaryl/α,β-unsaturated/α-hetero) is 1. The van der Waals surface area contributed by atoms with Gasteiger partial charge in [-0.25, -0.2) is 9.59 Å². The van der Waals surface area contributed by atoms with Crippen molar-refractivity contribution in [1.82, 2.24) is 0 Å². The number of amides is 1. The molecule has 1 rings (SSSR count). The third kappa shape index (κ3) is 6.73. The summed E-state index contributed by atoms with van der Waals surface area (Å²) < 4.78 is 15.0. The van der Waals surface area contributed by atoms with Gasteiger partial charge in [0.15, 0.2) is 6.10 Å². The van der Waals surface area contributed by atoms with Crippen LogP contribution in [0.5, 0.6) is 5.75 Å². The topological polar surface area (TPSA) is 127 Å². The number of carbonyl (C=O) groups is 3.